The van der Waals surface area contributed by atoms with Crippen LogP contribution in [0.5, 0.6) is 0 Å². The number of nitrogens with zero attached hydrogens (tertiary/aromatic N) is 1. The lowest BCUT2D eigenvalue weighted by Gasteiger charge is -2.33. The Balaban J connectivity index is 1.86. The van der Waals surface area contributed by atoms with E-state index in [2.05, 4.69) is 5.32 Å². The van der Waals surface area contributed by atoms with Crippen molar-refractivity contribution in [2.24, 2.45) is 0 Å². The van der Waals surface area contributed by atoms with Gasteiger partial charge in [-0.2, -0.15) is 4.31 Å². The van der Waals surface area contributed by atoms with Crippen LogP contribution in [0.4, 0.5) is 10.1 Å². The molecule has 0 aliphatic carbocycles. The zero-order chi connectivity index (χ0) is 19.6. The van der Waals surface area contributed by atoms with Gasteiger partial charge >= 0.3 is 0 Å². The number of piperidine rings is 1. The molecule has 0 spiro atoms. The Hall–Kier alpha value is -1.67. The minimum Gasteiger partial charge on any atom is -0.322 e. The molecule has 0 unspecified atom stereocenters. The van der Waals surface area contributed by atoms with Crippen LogP contribution in [0.25, 0.3) is 0 Å². The van der Waals surface area contributed by atoms with Gasteiger partial charge < -0.3 is 5.32 Å². The maximum absolute atomic E-state index is 14.0. The van der Waals surface area contributed by atoms with Gasteiger partial charge in [-0.1, -0.05) is 29.6 Å². The maximum Gasteiger partial charge on any atom is 0.243 e. The van der Waals surface area contributed by atoms with Crippen molar-refractivity contribution in [2.75, 3.05) is 11.9 Å². The van der Waals surface area contributed by atoms with Gasteiger partial charge in [0.15, 0.2) is 0 Å². The zero-order valence-electron chi connectivity index (χ0n) is 14.2. The first-order chi connectivity index (χ1) is 12.8. The third-order valence-corrected chi connectivity index (χ3v) is 6.78. The molecule has 2 aromatic rings. The van der Waals surface area contributed by atoms with Crippen LogP contribution < -0.4 is 5.32 Å². The van der Waals surface area contributed by atoms with Crippen LogP contribution >= 0.6 is 23.2 Å². The van der Waals surface area contributed by atoms with Crippen molar-refractivity contribution in [2.45, 2.75) is 30.2 Å². The molecule has 1 atom stereocenters. The highest BCUT2D eigenvalue weighted by Gasteiger charge is 2.37. The van der Waals surface area contributed by atoms with Crippen molar-refractivity contribution < 1.29 is 17.6 Å². The van der Waals surface area contributed by atoms with Gasteiger partial charge in [0.05, 0.1) is 10.6 Å². The van der Waals surface area contributed by atoms with E-state index in [0.29, 0.717) is 24.3 Å². The normalized spacial score (nSPS) is 18.3. The van der Waals surface area contributed by atoms with E-state index in [1.807, 2.05) is 0 Å². The SMILES string of the molecule is O=C(Nc1ccc(Cl)cc1F)[C@@H]1CCCCN1S(=O)(=O)c1ccc(Cl)cc1. The highest BCUT2D eigenvalue weighted by molar-refractivity contribution is 7.89. The molecule has 1 fully saturated rings. The lowest BCUT2D eigenvalue weighted by atomic mass is 10.0. The van der Waals surface area contributed by atoms with Crippen LogP contribution in [0.2, 0.25) is 10.0 Å². The van der Waals surface area contributed by atoms with E-state index in [4.69, 9.17) is 23.2 Å². The first-order valence-corrected chi connectivity index (χ1v) is 10.5. The molecule has 1 saturated heterocycles. The van der Waals surface area contributed by atoms with E-state index in [9.17, 15) is 17.6 Å². The summed E-state index contributed by atoms with van der Waals surface area (Å²) in [5, 5.41) is 3.09. The van der Waals surface area contributed by atoms with Gasteiger partial charge in [-0.25, -0.2) is 12.8 Å². The van der Waals surface area contributed by atoms with E-state index < -0.39 is 27.8 Å². The van der Waals surface area contributed by atoms with Crippen molar-refractivity contribution >= 4 is 44.8 Å². The number of hydrogen-bond acceptors (Lipinski definition) is 3. The lowest BCUT2D eigenvalue weighted by Crippen LogP contribution is -2.49. The fourth-order valence-electron chi connectivity index (χ4n) is 3.00. The van der Waals surface area contributed by atoms with Gasteiger partial charge in [0.1, 0.15) is 11.9 Å². The summed E-state index contributed by atoms with van der Waals surface area (Å²) in [5.74, 6) is -1.26. The number of carbonyl (C=O) groups is 1. The number of benzene rings is 2. The van der Waals surface area contributed by atoms with E-state index in [1.165, 1.54) is 40.7 Å². The van der Waals surface area contributed by atoms with Crippen molar-refractivity contribution in [3.63, 3.8) is 0 Å². The summed E-state index contributed by atoms with van der Waals surface area (Å²) in [5.41, 5.74) is -0.0428. The third-order valence-electron chi connectivity index (χ3n) is 4.37. The second-order valence-electron chi connectivity index (χ2n) is 6.19. The Labute approximate surface area is 167 Å². The topological polar surface area (TPSA) is 66.5 Å². The van der Waals surface area contributed by atoms with Crippen molar-refractivity contribution in [1.29, 1.82) is 0 Å². The molecular weight excluding hydrogens is 414 g/mol. The molecular formula is C18H17Cl2FN2O3S. The predicted octanol–water partition coefficient (Wildman–Crippen LogP) is 4.31. The Bertz CT molecular complexity index is 952. The second-order valence-corrected chi connectivity index (χ2v) is 8.96. The predicted molar refractivity (Wildman–Crippen MR) is 103 cm³/mol. The van der Waals surface area contributed by atoms with Crippen LogP contribution in [0.15, 0.2) is 47.4 Å². The average Bonchev–Trinajstić information content (AvgIpc) is 2.64. The molecule has 0 bridgehead atoms. The number of nitrogens with one attached hydrogen (secondary N) is 1. The van der Waals surface area contributed by atoms with Crippen LogP contribution in [0.3, 0.4) is 0 Å². The largest absolute Gasteiger partial charge is 0.322 e. The fraction of sp³-hybridized carbons (Fsp3) is 0.278. The highest BCUT2D eigenvalue weighted by Crippen LogP contribution is 2.28. The smallest absolute Gasteiger partial charge is 0.243 e. The number of sulfonamides is 1. The molecule has 1 aliphatic heterocycles. The van der Waals surface area contributed by atoms with Gasteiger partial charge in [-0.05, 0) is 55.3 Å². The van der Waals surface area contributed by atoms with Gasteiger partial charge in [-0.3, -0.25) is 4.79 Å². The molecule has 144 valence electrons. The summed E-state index contributed by atoms with van der Waals surface area (Å²) in [7, 11) is -3.88. The summed E-state index contributed by atoms with van der Waals surface area (Å²) >= 11 is 11.5. The lowest BCUT2D eigenvalue weighted by molar-refractivity contribution is -0.120. The molecule has 2 aromatic carbocycles. The van der Waals surface area contributed by atoms with Crippen molar-refractivity contribution in [3.8, 4) is 0 Å². The van der Waals surface area contributed by atoms with Crippen molar-refractivity contribution in [1.82, 2.24) is 4.31 Å². The van der Waals surface area contributed by atoms with Crippen LogP contribution in [-0.2, 0) is 14.8 Å². The molecule has 1 N–H and O–H groups in total. The summed E-state index contributed by atoms with van der Waals surface area (Å²) in [6, 6.07) is 8.72. The number of amides is 1. The van der Waals surface area contributed by atoms with Crippen LogP contribution in [-0.4, -0.2) is 31.2 Å². The average molecular weight is 431 g/mol. The monoisotopic (exact) mass is 430 g/mol. The van der Waals surface area contributed by atoms with Gasteiger partial charge in [0.2, 0.25) is 15.9 Å². The molecule has 27 heavy (non-hydrogen) atoms. The minimum absolute atomic E-state index is 0.0428. The third kappa shape index (κ3) is 4.43. The van der Waals surface area contributed by atoms with Crippen molar-refractivity contribution in [3.05, 3.63) is 58.3 Å². The van der Waals surface area contributed by atoms with Crippen LogP contribution in [0.1, 0.15) is 19.3 Å². The molecule has 0 aromatic heterocycles. The summed E-state index contributed by atoms with van der Waals surface area (Å²) in [6.07, 6.45) is 1.70. The number of carbonyl (C=O) groups excluding carboxylic acids is 1. The molecule has 1 heterocycles. The first-order valence-electron chi connectivity index (χ1n) is 8.32. The molecule has 9 heteroatoms. The highest BCUT2D eigenvalue weighted by atomic mass is 35.5. The van der Waals surface area contributed by atoms with E-state index in [1.54, 1.807) is 0 Å². The molecule has 3 rings (SSSR count). The Morgan fingerprint density at radius 1 is 1.07 bits per heavy atom. The Kier molecular flexibility index (Phi) is 6.05. The Morgan fingerprint density at radius 3 is 2.41 bits per heavy atom. The molecule has 0 radical (unpaired) electrons. The molecule has 1 amide bonds. The first kappa shape index (κ1) is 20.1. The maximum atomic E-state index is 14.0. The molecule has 1 aliphatic rings. The van der Waals surface area contributed by atoms with E-state index in [0.717, 1.165) is 6.07 Å². The number of hydrogen-bond donors (Lipinski definition) is 1. The summed E-state index contributed by atoms with van der Waals surface area (Å²) in [6.45, 7) is 0.214. The van der Waals surface area contributed by atoms with Crippen LogP contribution in [0, 0.1) is 5.82 Å². The zero-order valence-corrected chi connectivity index (χ0v) is 16.5. The standard InChI is InChI=1S/C18H17Cl2FN2O3S/c19-12-4-7-14(8-5-12)27(25,26)23-10-2-1-3-17(23)18(24)22-16-9-6-13(20)11-15(16)21/h4-9,11,17H,1-3,10H2,(H,22,24)/t17-/m0/s1. The van der Waals surface area contributed by atoms with E-state index in [-0.39, 0.29) is 22.2 Å². The number of halogens is 3. The van der Waals surface area contributed by atoms with Gasteiger partial charge in [0.25, 0.3) is 0 Å². The van der Waals surface area contributed by atoms with E-state index >= 15 is 0 Å². The quantitative estimate of drug-likeness (QED) is 0.785. The fourth-order valence-corrected chi connectivity index (χ4v) is 4.94. The second kappa shape index (κ2) is 8.14. The van der Waals surface area contributed by atoms with Gasteiger partial charge in [-0.15, -0.1) is 0 Å². The minimum atomic E-state index is -3.88. The summed E-state index contributed by atoms with van der Waals surface area (Å²) in [4.78, 5) is 12.8. The number of rotatable bonds is 4. The number of anilines is 1. The molecule has 5 nitrogen and oxygen atoms in total. The van der Waals surface area contributed by atoms with Gasteiger partial charge in [0, 0.05) is 16.6 Å². The Morgan fingerprint density at radius 2 is 1.74 bits per heavy atom. The summed E-state index contributed by atoms with van der Waals surface area (Å²) < 4.78 is 41.1. The molecule has 0 saturated carbocycles.